The first-order valence-corrected chi connectivity index (χ1v) is 11.7. The third-order valence-electron chi connectivity index (χ3n) is 4.81. The Kier molecular flexibility index (Phi) is 6.29. The minimum absolute atomic E-state index is 0.0142. The highest BCUT2D eigenvalue weighted by atomic mass is 32.2. The number of aryl methyl sites for hydroxylation is 1. The van der Waals surface area contributed by atoms with Crippen LogP contribution in [-0.4, -0.2) is 26.5 Å². The van der Waals surface area contributed by atoms with E-state index in [-0.39, 0.29) is 17.2 Å². The standard InChI is InChI=1S/C23H23N3O2S2/c1-15-8-10-18(11-9-15)24-20(27)14-29-23-25-19-12-16(2)30-21(19)22(28)26(23)13-17-6-4-3-5-7-17/h3-11,16H,12-14H2,1-2H3,(H,24,27)/t16-/m1/s1. The summed E-state index contributed by atoms with van der Waals surface area (Å²) < 4.78 is 1.70. The summed E-state index contributed by atoms with van der Waals surface area (Å²) in [7, 11) is 0. The fourth-order valence-electron chi connectivity index (χ4n) is 3.31. The average Bonchev–Trinajstić information content (AvgIpc) is 3.12. The summed E-state index contributed by atoms with van der Waals surface area (Å²) >= 11 is 2.90. The lowest BCUT2D eigenvalue weighted by Gasteiger charge is -2.14. The van der Waals surface area contributed by atoms with Gasteiger partial charge in [0.1, 0.15) is 0 Å². The van der Waals surface area contributed by atoms with E-state index >= 15 is 0 Å². The molecule has 30 heavy (non-hydrogen) atoms. The molecule has 7 heteroatoms. The Labute approximate surface area is 184 Å². The second kappa shape index (κ2) is 9.10. The van der Waals surface area contributed by atoms with Gasteiger partial charge in [-0.05, 0) is 24.6 Å². The molecule has 1 aliphatic rings. The summed E-state index contributed by atoms with van der Waals surface area (Å²) in [5.41, 5.74) is 3.77. The summed E-state index contributed by atoms with van der Waals surface area (Å²) in [6.45, 7) is 4.55. The zero-order valence-electron chi connectivity index (χ0n) is 16.9. The molecule has 1 atom stereocenters. The summed E-state index contributed by atoms with van der Waals surface area (Å²) in [6, 6.07) is 17.5. The predicted molar refractivity (Wildman–Crippen MR) is 124 cm³/mol. The van der Waals surface area contributed by atoms with Gasteiger partial charge in [0, 0.05) is 17.4 Å². The maximum atomic E-state index is 13.2. The van der Waals surface area contributed by atoms with E-state index in [1.807, 2.05) is 61.5 Å². The van der Waals surface area contributed by atoms with Crippen LogP contribution in [0.5, 0.6) is 0 Å². The number of rotatable bonds is 6. The molecule has 2 aromatic carbocycles. The minimum atomic E-state index is -0.118. The van der Waals surface area contributed by atoms with Crippen LogP contribution in [0.3, 0.4) is 0 Å². The zero-order valence-corrected chi connectivity index (χ0v) is 18.6. The number of hydrogen-bond acceptors (Lipinski definition) is 5. The van der Waals surface area contributed by atoms with Crippen molar-refractivity contribution in [2.45, 2.75) is 42.1 Å². The van der Waals surface area contributed by atoms with Crippen LogP contribution in [0.25, 0.3) is 0 Å². The molecule has 0 unspecified atom stereocenters. The summed E-state index contributed by atoms with van der Waals surface area (Å²) in [5, 5.41) is 3.84. The first kappa shape index (κ1) is 20.8. The molecule has 1 N–H and O–H groups in total. The van der Waals surface area contributed by atoms with Crippen LogP contribution in [0.15, 0.2) is 69.4 Å². The molecule has 5 nitrogen and oxygen atoms in total. The molecule has 0 radical (unpaired) electrons. The SMILES string of the molecule is Cc1ccc(NC(=O)CSc2nc3c(c(=O)n2Cc2ccccc2)S[C@H](C)C3)cc1. The molecule has 1 amide bonds. The molecule has 0 saturated heterocycles. The van der Waals surface area contributed by atoms with Crippen LogP contribution in [0.4, 0.5) is 5.69 Å². The van der Waals surface area contributed by atoms with Gasteiger partial charge in [-0.2, -0.15) is 0 Å². The number of thioether (sulfide) groups is 2. The third-order valence-corrected chi connectivity index (χ3v) is 7.01. The first-order valence-electron chi connectivity index (χ1n) is 9.83. The van der Waals surface area contributed by atoms with E-state index in [0.29, 0.717) is 17.0 Å². The summed E-state index contributed by atoms with van der Waals surface area (Å²) in [4.78, 5) is 31.2. The van der Waals surface area contributed by atoms with Crippen LogP contribution < -0.4 is 10.9 Å². The molecule has 4 rings (SSSR count). The van der Waals surface area contributed by atoms with Crippen molar-refractivity contribution < 1.29 is 4.79 Å². The third kappa shape index (κ3) is 4.79. The average molecular weight is 438 g/mol. The van der Waals surface area contributed by atoms with Crippen molar-refractivity contribution in [2.24, 2.45) is 0 Å². The fraction of sp³-hybridized carbons (Fsp3) is 0.261. The van der Waals surface area contributed by atoms with Gasteiger partial charge in [-0.15, -0.1) is 11.8 Å². The quantitative estimate of drug-likeness (QED) is 0.458. The lowest BCUT2D eigenvalue weighted by Crippen LogP contribution is -2.26. The van der Waals surface area contributed by atoms with E-state index in [4.69, 9.17) is 4.98 Å². The monoisotopic (exact) mass is 437 g/mol. The number of nitrogens with zero attached hydrogens (tertiary/aromatic N) is 2. The number of benzene rings is 2. The van der Waals surface area contributed by atoms with E-state index in [1.165, 1.54) is 11.8 Å². The second-order valence-corrected chi connectivity index (χ2v) is 9.77. The van der Waals surface area contributed by atoms with Crippen LogP contribution in [0.2, 0.25) is 0 Å². The number of amides is 1. The molecule has 0 spiro atoms. The van der Waals surface area contributed by atoms with Crippen molar-refractivity contribution in [1.29, 1.82) is 0 Å². The van der Waals surface area contributed by atoms with E-state index in [1.54, 1.807) is 16.3 Å². The van der Waals surface area contributed by atoms with Crippen molar-refractivity contribution in [3.63, 3.8) is 0 Å². The van der Waals surface area contributed by atoms with Gasteiger partial charge in [0.15, 0.2) is 5.16 Å². The second-order valence-electron chi connectivity index (χ2n) is 7.38. The Balaban J connectivity index is 1.56. The number of fused-ring (bicyclic) bond motifs is 1. The highest BCUT2D eigenvalue weighted by Gasteiger charge is 2.26. The van der Waals surface area contributed by atoms with Crippen molar-refractivity contribution in [2.75, 3.05) is 11.1 Å². The Bertz CT molecular complexity index is 1110. The van der Waals surface area contributed by atoms with Gasteiger partial charge in [-0.25, -0.2) is 4.98 Å². The molecule has 0 fully saturated rings. The number of aromatic nitrogens is 2. The molecular weight excluding hydrogens is 414 g/mol. The van der Waals surface area contributed by atoms with E-state index in [2.05, 4.69) is 12.2 Å². The highest BCUT2D eigenvalue weighted by Crippen LogP contribution is 2.34. The van der Waals surface area contributed by atoms with Crippen LogP contribution >= 0.6 is 23.5 Å². The van der Waals surface area contributed by atoms with Crippen molar-refractivity contribution in [1.82, 2.24) is 9.55 Å². The van der Waals surface area contributed by atoms with Crippen molar-refractivity contribution in [3.05, 3.63) is 81.8 Å². The first-order chi connectivity index (χ1) is 14.5. The smallest absolute Gasteiger partial charge is 0.268 e. The largest absolute Gasteiger partial charge is 0.325 e. The van der Waals surface area contributed by atoms with Crippen molar-refractivity contribution in [3.8, 4) is 0 Å². The summed E-state index contributed by atoms with van der Waals surface area (Å²) in [6.07, 6.45) is 0.782. The highest BCUT2D eigenvalue weighted by molar-refractivity contribution is 8.00. The fourth-order valence-corrected chi connectivity index (χ4v) is 5.24. The van der Waals surface area contributed by atoms with Gasteiger partial charge in [0.05, 0.1) is 22.9 Å². The predicted octanol–water partition coefficient (Wildman–Crippen LogP) is 4.37. The number of hydrogen-bond donors (Lipinski definition) is 1. The van der Waals surface area contributed by atoms with E-state index < -0.39 is 0 Å². The number of anilines is 1. The van der Waals surface area contributed by atoms with Crippen LogP contribution in [0.1, 0.15) is 23.7 Å². The maximum absolute atomic E-state index is 13.2. The Morgan fingerprint density at radius 2 is 1.93 bits per heavy atom. The molecule has 1 aliphatic heterocycles. The van der Waals surface area contributed by atoms with Crippen LogP contribution in [0, 0.1) is 6.92 Å². The molecule has 1 aromatic heterocycles. The zero-order chi connectivity index (χ0) is 21.1. The molecule has 3 aromatic rings. The number of carbonyl (C=O) groups excluding carboxylic acids is 1. The Morgan fingerprint density at radius 3 is 2.67 bits per heavy atom. The topological polar surface area (TPSA) is 64.0 Å². The number of nitrogens with one attached hydrogen (secondary N) is 1. The Morgan fingerprint density at radius 1 is 1.20 bits per heavy atom. The molecule has 0 saturated carbocycles. The maximum Gasteiger partial charge on any atom is 0.268 e. The Hall–Kier alpha value is -2.51. The van der Waals surface area contributed by atoms with Gasteiger partial charge in [-0.1, -0.05) is 66.7 Å². The summed E-state index contributed by atoms with van der Waals surface area (Å²) in [5.74, 6) is 0.0731. The van der Waals surface area contributed by atoms with E-state index in [9.17, 15) is 9.59 Å². The number of carbonyl (C=O) groups is 1. The van der Waals surface area contributed by atoms with Gasteiger partial charge in [-0.3, -0.25) is 14.2 Å². The minimum Gasteiger partial charge on any atom is -0.325 e. The van der Waals surface area contributed by atoms with E-state index in [0.717, 1.165) is 33.8 Å². The molecule has 2 heterocycles. The lowest BCUT2D eigenvalue weighted by molar-refractivity contribution is -0.113. The van der Waals surface area contributed by atoms with Crippen LogP contribution in [-0.2, 0) is 17.8 Å². The lowest BCUT2D eigenvalue weighted by atomic mass is 10.2. The van der Waals surface area contributed by atoms with Gasteiger partial charge >= 0.3 is 0 Å². The van der Waals surface area contributed by atoms with Gasteiger partial charge in [0.2, 0.25) is 5.91 Å². The van der Waals surface area contributed by atoms with Gasteiger partial charge in [0.25, 0.3) is 5.56 Å². The normalized spacial score (nSPS) is 15.1. The molecule has 0 bridgehead atoms. The molecular formula is C23H23N3O2S2. The van der Waals surface area contributed by atoms with Gasteiger partial charge < -0.3 is 5.32 Å². The molecule has 0 aliphatic carbocycles. The van der Waals surface area contributed by atoms with Crippen molar-refractivity contribution >= 4 is 35.1 Å². The molecule has 154 valence electrons.